The molecule has 0 saturated carbocycles. The van der Waals surface area contributed by atoms with Crippen LogP contribution < -0.4 is 5.32 Å². The summed E-state index contributed by atoms with van der Waals surface area (Å²) in [6.45, 7) is 0.437. The van der Waals surface area contributed by atoms with Gasteiger partial charge in [0.2, 0.25) is 0 Å². The van der Waals surface area contributed by atoms with Crippen LogP contribution in [-0.4, -0.2) is 60.9 Å². The molecular weight excluding hydrogens is 298 g/mol. The fourth-order valence-corrected chi connectivity index (χ4v) is 4.92. The molecule has 1 amide bonds. The molecule has 2 heterocycles. The highest BCUT2D eigenvalue weighted by atomic mass is 32.2. The largest absolute Gasteiger partial charge is 0.386 e. The molecule has 2 rings (SSSR count). The highest BCUT2D eigenvalue weighted by Gasteiger charge is 2.35. The van der Waals surface area contributed by atoms with E-state index in [9.17, 15) is 13.2 Å². The zero-order chi connectivity index (χ0) is 14.8. The number of anilines is 1. The van der Waals surface area contributed by atoms with Crippen molar-refractivity contribution < 1.29 is 13.2 Å². The van der Waals surface area contributed by atoms with Crippen molar-refractivity contribution in [3.63, 3.8) is 0 Å². The van der Waals surface area contributed by atoms with Gasteiger partial charge in [-0.3, -0.25) is 9.78 Å². The van der Waals surface area contributed by atoms with Gasteiger partial charge in [0.1, 0.15) is 5.37 Å². The lowest BCUT2D eigenvalue weighted by Crippen LogP contribution is -2.50. The molecule has 8 heteroatoms. The summed E-state index contributed by atoms with van der Waals surface area (Å²) < 4.78 is 23.7. The van der Waals surface area contributed by atoms with E-state index >= 15 is 0 Å². The summed E-state index contributed by atoms with van der Waals surface area (Å²) in [6.07, 6.45) is 4.26. The summed E-state index contributed by atoms with van der Waals surface area (Å²) in [7, 11) is -1.60. The number of hydrogen-bond donors (Lipinski definition) is 1. The fraction of sp³-hybridized carbons (Fsp3) is 0.500. The second-order valence-corrected chi connectivity index (χ2v) is 7.88. The number of sulfone groups is 1. The highest BCUT2D eigenvalue weighted by molar-refractivity contribution is 8.00. The third-order valence-electron chi connectivity index (χ3n) is 3.16. The van der Waals surface area contributed by atoms with Gasteiger partial charge in [0, 0.05) is 37.6 Å². The van der Waals surface area contributed by atoms with Crippen LogP contribution in [-0.2, 0) is 9.84 Å². The van der Waals surface area contributed by atoms with Crippen molar-refractivity contribution in [2.24, 2.45) is 0 Å². The first-order valence-corrected chi connectivity index (χ1v) is 9.25. The molecule has 20 heavy (non-hydrogen) atoms. The topological polar surface area (TPSA) is 79.4 Å². The molecule has 1 aromatic heterocycles. The number of nitrogens with one attached hydrogen (secondary N) is 1. The van der Waals surface area contributed by atoms with Crippen molar-refractivity contribution in [1.82, 2.24) is 9.88 Å². The van der Waals surface area contributed by atoms with Gasteiger partial charge in [-0.05, 0) is 6.07 Å². The first kappa shape index (κ1) is 15.1. The first-order chi connectivity index (χ1) is 9.45. The number of aromatic nitrogens is 1. The van der Waals surface area contributed by atoms with E-state index in [0.29, 0.717) is 23.5 Å². The van der Waals surface area contributed by atoms with E-state index in [1.54, 1.807) is 31.1 Å². The number of pyridine rings is 1. The van der Waals surface area contributed by atoms with Gasteiger partial charge < -0.3 is 10.2 Å². The molecule has 1 aliphatic heterocycles. The summed E-state index contributed by atoms with van der Waals surface area (Å²) in [5, 5.41) is 2.15. The van der Waals surface area contributed by atoms with Gasteiger partial charge in [0.15, 0.2) is 9.84 Å². The standard InChI is InChI=1S/C12H17N3O3S2/c1-13-10-7-14-4-3-9(10)12(16)15-5-6-19-8-11(15)20(2,17)18/h3-4,7,11,13H,5-6,8H2,1-2H3. The summed E-state index contributed by atoms with van der Waals surface area (Å²) in [5.41, 5.74) is 1.05. The zero-order valence-electron chi connectivity index (χ0n) is 11.4. The summed E-state index contributed by atoms with van der Waals surface area (Å²) in [6, 6.07) is 1.61. The van der Waals surface area contributed by atoms with Crippen LogP contribution in [0.15, 0.2) is 18.5 Å². The minimum absolute atomic E-state index is 0.271. The average Bonchev–Trinajstić information content (AvgIpc) is 2.45. The molecule has 6 nitrogen and oxygen atoms in total. The Hall–Kier alpha value is -1.28. The monoisotopic (exact) mass is 315 g/mol. The van der Waals surface area contributed by atoms with Gasteiger partial charge >= 0.3 is 0 Å². The van der Waals surface area contributed by atoms with Crippen molar-refractivity contribution in [2.45, 2.75) is 5.37 Å². The minimum atomic E-state index is -3.30. The maximum absolute atomic E-state index is 12.6. The minimum Gasteiger partial charge on any atom is -0.386 e. The Morgan fingerprint density at radius 2 is 2.30 bits per heavy atom. The SMILES string of the molecule is CNc1cnccc1C(=O)N1CCSCC1S(C)(=O)=O. The van der Waals surface area contributed by atoms with Gasteiger partial charge in [-0.25, -0.2) is 8.42 Å². The number of thioether (sulfide) groups is 1. The molecule has 0 aliphatic carbocycles. The smallest absolute Gasteiger partial charge is 0.257 e. The fourth-order valence-electron chi connectivity index (χ4n) is 2.10. The predicted octanol–water partition coefficient (Wildman–Crippen LogP) is 0.683. The third kappa shape index (κ3) is 3.06. The van der Waals surface area contributed by atoms with Crippen LogP contribution in [0.25, 0.3) is 0 Å². The van der Waals surface area contributed by atoms with E-state index in [1.807, 2.05) is 0 Å². The molecule has 0 radical (unpaired) electrons. The van der Waals surface area contributed by atoms with Crippen LogP contribution in [0, 0.1) is 0 Å². The molecule has 1 N–H and O–H groups in total. The molecule has 110 valence electrons. The highest BCUT2D eigenvalue weighted by Crippen LogP contribution is 2.24. The zero-order valence-corrected chi connectivity index (χ0v) is 13.0. The number of carbonyl (C=O) groups excluding carboxylic acids is 1. The van der Waals surface area contributed by atoms with E-state index in [2.05, 4.69) is 10.3 Å². The molecular formula is C12H17N3O3S2. The Kier molecular flexibility index (Phi) is 4.54. The second kappa shape index (κ2) is 6.01. The van der Waals surface area contributed by atoms with Crippen LogP contribution in [0.2, 0.25) is 0 Å². The molecule has 0 aromatic carbocycles. The summed E-state index contributed by atoms with van der Waals surface area (Å²) in [5.74, 6) is 0.898. The molecule has 1 saturated heterocycles. The van der Waals surface area contributed by atoms with E-state index in [-0.39, 0.29) is 5.91 Å². The van der Waals surface area contributed by atoms with Crippen LogP contribution >= 0.6 is 11.8 Å². The van der Waals surface area contributed by atoms with Crippen molar-refractivity contribution in [1.29, 1.82) is 0 Å². The van der Waals surface area contributed by atoms with Crippen molar-refractivity contribution >= 4 is 33.2 Å². The molecule has 1 atom stereocenters. The Morgan fingerprint density at radius 3 is 2.95 bits per heavy atom. The summed E-state index contributed by atoms with van der Waals surface area (Å²) >= 11 is 1.56. The van der Waals surface area contributed by atoms with Gasteiger partial charge in [0.05, 0.1) is 17.4 Å². The molecule has 1 unspecified atom stereocenters. The Bertz CT molecular complexity index is 604. The van der Waals surface area contributed by atoms with Gasteiger partial charge in [-0.15, -0.1) is 0 Å². The number of rotatable bonds is 3. The molecule has 1 aromatic rings. The number of nitrogens with zero attached hydrogens (tertiary/aromatic N) is 2. The lowest BCUT2D eigenvalue weighted by atomic mass is 10.2. The Morgan fingerprint density at radius 1 is 1.55 bits per heavy atom. The maximum Gasteiger partial charge on any atom is 0.257 e. The van der Waals surface area contributed by atoms with Crippen molar-refractivity contribution in [2.75, 3.05) is 36.7 Å². The Labute approximate surface area is 122 Å². The molecule has 1 fully saturated rings. The lowest BCUT2D eigenvalue weighted by molar-refractivity contribution is 0.0750. The van der Waals surface area contributed by atoms with Crippen molar-refractivity contribution in [3.8, 4) is 0 Å². The Balaban J connectivity index is 2.35. The molecule has 0 bridgehead atoms. The van der Waals surface area contributed by atoms with E-state index in [0.717, 1.165) is 5.75 Å². The van der Waals surface area contributed by atoms with Crippen molar-refractivity contribution in [3.05, 3.63) is 24.0 Å². The van der Waals surface area contributed by atoms with E-state index in [4.69, 9.17) is 0 Å². The lowest BCUT2D eigenvalue weighted by Gasteiger charge is -2.34. The van der Waals surface area contributed by atoms with Crippen LogP contribution in [0.1, 0.15) is 10.4 Å². The average molecular weight is 315 g/mol. The predicted molar refractivity (Wildman–Crippen MR) is 80.8 cm³/mol. The number of hydrogen-bond acceptors (Lipinski definition) is 6. The first-order valence-electron chi connectivity index (χ1n) is 6.14. The third-order valence-corrected chi connectivity index (χ3v) is 5.80. The van der Waals surface area contributed by atoms with Crippen LogP contribution in [0.5, 0.6) is 0 Å². The maximum atomic E-state index is 12.6. The van der Waals surface area contributed by atoms with E-state index < -0.39 is 15.2 Å². The normalized spacial score (nSPS) is 19.7. The van der Waals surface area contributed by atoms with Gasteiger partial charge in [-0.2, -0.15) is 11.8 Å². The summed E-state index contributed by atoms with van der Waals surface area (Å²) in [4.78, 5) is 18.0. The number of carbonyl (C=O) groups is 1. The molecule has 1 aliphatic rings. The van der Waals surface area contributed by atoms with Gasteiger partial charge in [-0.1, -0.05) is 0 Å². The number of amides is 1. The van der Waals surface area contributed by atoms with E-state index in [1.165, 1.54) is 17.4 Å². The molecule has 0 spiro atoms. The van der Waals surface area contributed by atoms with Gasteiger partial charge in [0.25, 0.3) is 5.91 Å². The van der Waals surface area contributed by atoms with Crippen LogP contribution in [0.3, 0.4) is 0 Å². The second-order valence-electron chi connectivity index (χ2n) is 4.53. The quantitative estimate of drug-likeness (QED) is 0.884. The van der Waals surface area contributed by atoms with Crippen LogP contribution in [0.4, 0.5) is 5.69 Å².